The first kappa shape index (κ1) is 23.7. The number of piperidine rings is 1. The summed E-state index contributed by atoms with van der Waals surface area (Å²) in [4.78, 5) is 2.67. The van der Waals surface area contributed by atoms with Gasteiger partial charge in [-0.15, -0.1) is 10.6 Å². The van der Waals surface area contributed by atoms with Crippen LogP contribution in [0.3, 0.4) is 0 Å². The maximum atomic E-state index is 4.69. The number of allylic oxidation sites excluding steroid dienone is 2. The molecule has 0 spiro atoms. The molecule has 2 aliphatic rings. The van der Waals surface area contributed by atoms with Gasteiger partial charge < -0.3 is 0 Å². The Labute approximate surface area is 186 Å². The molecule has 0 unspecified atom stereocenters. The molecule has 5 nitrogen and oxygen atoms in total. The number of amidine groups is 1. The predicted octanol–water partition coefficient (Wildman–Crippen LogP) is 5.23. The number of rotatable bonds is 7. The number of hydrogen-bond donors (Lipinski definition) is 2. The lowest BCUT2D eigenvalue weighted by atomic mass is 9.75. The standard InChI is InChI=1S/C22H40IN5/c1-8-22(7)16-27(14-13-18(22)15-23)19(12-10-9-11-17(2)3)20-24-25-26-28(20)21(4,5)6/h9,11,15,17,19,25-26H,8,10,12-14,16H2,1-7H3/b11-9-,18-15-/t19-,22-/m1/s1. The van der Waals surface area contributed by atoms with Gasteiger partial charge in [0.25, 0.3) is 0 Å². The predicted molar refractivity (Wildman–Crippen MR) is 129 cm³/mol. The van der Waals surface area contributed by atoms with Gasteiger partial charge in [-0.3, -0.25) is 9.91 Å². The molecule has 28 heavy (non-hydrogen) atoms. The number of hydrazine groups is 2. The molecule has 0 bridgehead atoms. The summed E-state index contributed by atoms with van der Waals surface area (Å²) in [5.41, 5.74) is 8.08. The number of halogens is 1. The largest absolute Gasteiger partial charge is 0.292 e. The van der Waals surface area contributed by atoms with Crippen LogP contribution in [0.2, 0.25) is 0 Å². The Morgan fingerprint density at radius 1 is 1.32 bits per heavy atom. The molecule has 2 atom stereocenters. The first-order chi connectivity index (χ1) is 13.1. The Morgan fingerprint density at radius 2 is 2.04 bits per heavy atom. The second-order valence-corrected chi connectivity index (χ2v) is 10.4. The Hall–Kier alpha value is -0.600. The van der Waals surface area contributed by atoms with Crippen molar-refractivity contribution in [1.82, 2.24) is 21.0 Å². The minimum absolute atomic E-state index is 0.0362. The summed E-state index contributed by atoms with van der Waals surface area (Å²) < 4.78 is 2.32. The lowest BCUT2D eigenvalue weighted by Crippen LogP contribution is -2.59. The summed E-state index contributed by atoms with van der Waals surface area (Å²) >= 11 is 2.42. The van der Waals surface area contributed by atoms with Gasteiger partial charge >= 0.3 is 0 Å². The van der Waals surface area contributed by atoms with E-state index in [-0.39, 0.29) is 11.0 Å². The zero-order valence-corrected chi connectivity index (χ0v) is 21.0. The van der Waals surface area contributed by atoms with Crippen molar-refractivity contribution in [2.75, 3.05) is 13.1 Å². The smallest absolute Gasteiger partial charge is 0.159 e. The zero-order chi connectivity index (χ0) is 20.9. The zero-order valence-electron chi connectivity index (χ0n) is 18.8. The molecule has 1 saturated heterocycles. The van der Waals surface area contributed by atoms with E-state index >= 15 is 0 Å². The molecular formula is C22H40IN5. The third kappa shape index (κ3) is 5.72. The highest BCUT2D eigenvalue weighted by atomic mass is 127. The van der Waals surface area contributed by atoms with E-state index < -0.39 is 0 Å². The normalized spacial score (nSPS) is 27.0. The first-order valence-electron chi connectivity index (χ1n) is 10.7. The van der Waals surface area contributed by atoms with Gasteiger partial charge in [-0.25, -0.2) is 5.53 Å². The summed E-state index contributed by atoms with van der Waals surface area (Å²) in [7, 11) is 0. The summed E-state index contributed by atoms with van der Waals surface area (Å²) in [6.07, 6.45) is 9.14. The summed E-state index contributed by atoms with van der Waals surface area (Å²) in [6, 6.07) is 0.306. The van der Waals surface area contributed by atoms with E-state index in [0.29, 0.717) is 12.0 Å². The number of nitrogens with one attached hydrogen (secondary N) is 2. The summed E-state index contributed by atoms with van der Waals surface area (Å²) in [6.45, 7) is 18.1. The third-order valence-electron chi connectivity index (χ3n) is 6.01. The monoisotopic (exact) mass is 501 g/mol. The van der Waals surface area contributed by atoms with Crippen molar-refractivity contribution in [1.29, 1.82) is 0 Å². The SMILES string of the molecule is CC[C@]1(C)CN([C@H](CC/C=C\C(C)C)C2=NNNN2C(C)(C)C)CC/C1=C/I. The first-order valence-corrected chi connectivity index (χ1v) is 12.0. The second kappa shape index (κ2) is 9.94. The number of nitrogens with zero attached hydrogens (tertiary/aromatic N) is 3. The highest BCUT2D eigenvalue weighted by Gasteiger charge is 2.41. The fraction of sp³-hybridized carbons (Fsp3) is 0.773. The third-order valence-corrected chi connectivity index (χ3v) is 6.76. The van der Waals surface area contributed by atoms with Crippen LogP contribution in [-0.4, -0.2) is 40.4 Å². The fourth-order valence-corrected chi connectivity index (χ4v) is 5.12. The molecule has 2 heterocycles. The van der Waals surface area contributed by atoms with Gasteiger partial charge in [-0.1, -0.05) is 68.0 Å². The fourth-order valence-electron chi connectivity index (χ4n) is 4.06. The molecular weight excluding hydrogens is 461 g/mol. The molecule has 1 fully saturated rings. The molecule has 0 aromatic carbocycles. The van der Waals surface area contributed by atoms with Crippen LogP contribution < -0.4 is 11.1 Å². The van der Waals surface area contributed by atoms with Gasteiger partial charge in [0.2, 0.25) is 0 Å². The van der Waals surface area contributed by atoms with E-state index in [1.807, 2.05) is 0 Å². The quantitative estimate of drug-likeness (QED) is 0.371. The van der Waals surface area contributed by atoms with E-state index in [4.69, 9.17) is 0 Å². The summed E-state index contributed by atoms with van der Waals surface area (Å²) in [5, 5.41) is 6.89. The van der Waals surface area contributed by atoms with Crippen molar-refractivity contribution in [3.05, 3.63) is 21.8 Å². The Bertz CT molecular complexity index is 605. The van der Waals surface area contributed by atoms with Crippen molar-refractivity contribution in [3.63, 3.8) is 0 Å². The van der Waals surface area contributed by atoms with Crippen molar-refractivity contribution in [3.8, 4) is 0 Å². The molecule has 0 aromatic heterocycles. The van der Waals surface area contributed by atoms with Crippen LogP contribution in [0, 0.1) is 11.3 Å². The number of likely N-dealkylation sites (tertiary alicyclic amines) is 1. The molecule has 160 valence electrons. The van der Waals surface area contributed by atoms with Crippen LogP contribution in [0.25, 0.3) is 0 Å². The van der Waals surface area contributed by atoms with Gasteiger partial charge in [0.1, 0.15) is 0 Å². The molecule has 0 radical (unpaired) electrons. The van der Waals surface area contributed by atoms with Crippen molar-refractivity contribution in [2.45, 2.75) is 85.7 Å². The Balaban J connectivity index is 2.26. The minimum atomic E-state index is -0.0362. The van der Waals surface area contributed by atoms with Crippen LogP contribution in [0.1, 0.15) is 74.1 Å². The van der Waals surface area contributed by atoms with Crippen LogP contribution in [0.4, 0.5) is 0 Å². The van der Waals surface area contributed by atoms with Gasteiger partial charge in [0.05, 0.1) is 11.6 Å². The van der Waals surface area contributed by atoms with E-state index in [1.165, 1.54) is 6.42 Å². The van der Waals surface area contributed by atoms with Crippen LogP contribution >= 0.6 is 22.6 Å². The van der Waals surface area contributed by atoms with Crippen LogP contribution in [0.15, 0.2) is 26.9 Å². The molecule has 0 aliphatic carbocycles. The number of hydrogen-bond acceptors (Lipinski definition) is 5. The second-order valence-electron chi connectivity index (χ2n) is 9.73. The Morgan fingerprint density at radius 3 is 2.61 bits per heavy atom. The van der Waals surface area contributed by atoms with Crippen molar-refractivity contribution in [2.24, 2.45) is 16.4 Å². The average molecular weight is 502 g/mol. The van der Waals surface area contributed by atoms with Gasteiger partial charge in [0.15, 0.2) is 5.84 Å². The maximum absolute atomic E-state index is 4.69. The topological polar surface area (TPSA) is 42.9 Å². The molecule has 2 N–H and O–H groups in total. The van der Waals surface area contributed by atoms with Crippen LogP contribution in [-0.2, 0) is 0 Å². The highest BCUT2D eigenvalue weighted by Crippen LogP contribution is 2.40. The molecule has 6 heteroatoms. The maximum Gasteiger partial charge on any atom is 0.159 e. The van der Waals surface area contributed by atoms with Gasteiger partial charge in [-0.05, 0) is 56.5 Å². The molecule has 0 aromatic rings. The molecule has 2 rings (SSSR count). The molecule has 2 aliphatic heterocycles. The molecule has 0 amide bonds. The van der Waals surface area contributed by atoms with E-state index in [1.54, 1.807) is 5.57 Å². The number of hydrazone groups is 1. The summed E-state index contributed by atoms with van der Waals surface area (Å²) in [5.74, 6) is 1.72. The Kier molecular flexibility index (Phi) is 8.40. The lowest BCUT2D eigenvalue weighted by Gasteiger charge is -2.47. The minimum Gasteiger partial charge on any atom is -0.292 e. The van der Waals surface area contributed by atoms with Crippen molar-refractivity contribution >= 4 is 28.4 Å². The molecule has 0 saturated carbocycles. The highest BCUT2D eigenvalue weighted by molar-refractivity contribution is 14.1. The van der Waals surface area contributed by atoms with Crippen LogP contribution in [0.5, 0.6) is 0 Å². The van der Waals surface area contributed by atoms with E-state index in [9.17, 15) is 0 Å². The van der Waals surface area contributed by atoms with Gasteiger partial charge in [-0.2, -0.15) is 0 Å². The van der Waals surface area contributed by atoms with E-state index in [2.05, 4.69) is 113 Å². The average Bonchev–Trinajstić information content (AvgIpc) is 3.11. The van der Waals surface area contributed by atoms with E-state index in [0.717, 1.165) is 38.2 Å². The lowest BCUT2D eigenvalue weighted by molar-refractivity contribution is 0.105. The van der Waals surface area contributed by atoms with Gasteiger partial charge in [0, 0.05) is 18.5 Å². The van der Waals surface area contributed by atoms with Crippen molar-refractivity contribution < 1.29 is 0 Å².